The van der Waals surface area contributed by atoms with E-state index in [1.165, 1.54) is 25.7 Å². The first kappa shape index (κ1) is 14.3. The molecule has 0 amide bonds. The van der Waals surface area contributed by atoms with Gasteiger partial charge in [-0.15, -0.1) is 0 Å². The lowest BCUT2D eigenvalue weighted by Gasteiger charge is -2.34. The summed E-state index contributed by atoms with van der Waals surface area (Å²) in [6.45, 7) is 1.56. The highest BCUT2D eigenvalue weighted by atomic mass is 16.3. The van der Waals surface area contributed by atoms with Gasteiger partial charge in [0.15, 0.2) is 0 Å². The minimum Gasteiger partial charge on any atom is -0.467 e. The first-order valence-corrected chi connectivity index (χ1v) is 8.08. The van der Waals surface area contributed by atoms with Gasteiger partial charge in [0.2, 0.25) is 0 Å². The van der Waals surface area contributed by atoms with Crippen LogP contribution in [-0.2, 0) is 13.1 Å². The highest BCUT2D eigenvalue weighted by Crippen LogP contribution is 2.27. The smallest absolute Gasteiger partial charge is 0.330 e. The summed E-state index contributed by atoms with van der Waals surface area (Å²) >= 11 is 0. The van der Waals surface area contributed by atoms with Gasteiger partial charge in [0.25, 0.3) is 5.56 Å². The van der Waals surface area contributed by atoms with Gasteiger partial charge in [-0.05, 0) is 25.0 Å². The summed E-state index contributed by atoms with van der Waals surface area (Å²) in [5.74, 6) is 1.30. The van der Waals surface area contributed by atoms with Crippen molar-refractivity contribution in [1.82, 2.24) is 14.5 Å². The quantitative estimate of drug-likeness (QED) is 0.892. The molecule has 0 radical (unpaired) electrons. The molecule has 1 aliphatic carbocycles. The first-order chi connectivity index (χ1) is 11.2. The predicted molar refractivity (Wildman–Crippen MR) is 85.4 cm³/mol. The minimum atomic E-state index is -0.410. The van der Waals surface area contributed by atoms with Gasteiger partial charge in [-0.25, -0.2) is 4.79 Å². The van der Waals surface area contributed by atoms with E-state index in [-0.39, 0.29) is 5.56 Å². The molecule has 1 fully saturated rings. The maximum Gasteiger partial charge on any atom is 0.330 e. The van der Waals surface area contributed by atoms with E-state index >= 15 is 0 Å². The molecule has 2 aromatic heterocycles. The Morgan fingerprint density at radius 1 is 1.26 bits per heavy atom. The summed E-state index contributed by atoms with van der Waals surface area (Å²) in [6, 6.07) is 4.13. The van der Waals surface area contributed by atoms with E-state index in [1.54, 1.807) is 16.9 Å². The van der Waals surface area contributed by atoms with Gasteiger partial charge in [-0.2, -0.15) is 0 Å². The van der Waals surface area contributed by atoms with Crippen LogP contribution in [0.2, 0.25) is 0 Å². The van der Waals surface area contributed by atoms with Crippen molar-refractivity contribution in [1.29, 1.82) is 0 Å². The van der Waals surface area contributed by atoms with Crippen LogP contribution in [0.15, 0.2) is 32.4 Å². The van der Waals surface area contributed by atoms with Gasteiger partial charge in [0.05, 0.1) is 25.0 Å². The number of anilines is 1. The van der Waals surface area contributed by atoms with E-state index < -0.39 is 5.69 Å². The van der Waals surface area contributed by atoms with Crippen LogP contribution in [0.4, 0.5) is 5.82 Å². The molecule has 2 aromatic rings. The Kier molecular flexibility index (Phi) is 3.57. The molecule has 122 valence electrons. The summed E-state index contributed by atoms with van der Waals surface area (Å²) < 4.78 is 6.87. The lowest BCUT2D eigenvalue weighted by Crippen LogP contribution is -2.46. The van der Waals surface area contributed by atoms with Crippen molar-refractivity contribution in [2.75, 3.05) is 12.0 Å². The molecule has 0 unspecified atom stereocenters. The third-order valence-corrected chi connectivity index (χ3v) is 4.84. The maximum absolute atomic E-state index is 12.2. The van der Waals surface area contributed by atoms with E-state index in [9.17, 15) is 9.59 Å². The number of hydrogen-bond donors (Lipinski definition) is 2. The van der Waals surface area contributed by atoms with Gasteiger partial charge < -0.3 is 9.73 Å². The van der Waals surface area contributed by atoms with Gasteiger partial charge in [-0.1, -0.05) is 12.8 Å². The number of hydrogen-bond acceptors (Lipinski definition) is 5. The molecule has 4 rings (SSSR count). The van der Waals surface area contributed by atoms with Crippen molar-refractivity contribution in [3.63, 3.8) is 0 Å². The third-order valence-electron chi connectivity index (χ3n) is 4.84. The van der Waals surface area contributed by atoms with Crippen molar-refractivity contribution in [2.24, 2.45) is 0 Å². The Morgan fingerprint density at radius 2 is 2.09 bits per heavy atom. The van der Waals surface area contributed by atoms with Crippen LogP contribution in [-0.4, -0.2) is 27.2 Å². The molecule has 3 heterocycles. The monoisotopic (exact) mass is 316 g/mol. The van der Waals surface area contributed by atoms with Crippen molar-refractivity contribution in [2.45, 2.75) is 44.8 Å². The summed E-state index contributed by atoms with van der Waals surface area (Å²) in [4.78, 5) is 29.2. The number of H-pyrrole nitrogens is 1. The molecule has 2 N–H and O–H groups in total. The van der Waals surface area contributed by atoms with Crippen molar-refractivity contribution < 1.29 is 4.42 Å². The Balaban J connectivity index is 1.69. The van der Waals surface area contributed by atoms with Crippen LogP contribution in [0.3, 0.4) is 0 Å². The lowest BCUT2D eigenvalue weighted by atomic mass is 10.1. The van der Waals surface area contributed by atoms with E-state index in [0.29, 0.717) is 42.9 Å². The first-order valence-electron chi connectivity index (χ1n) is 8.08. The van der Waals surface area contributed by atoms with Crippen molar-refractivity contribution in [3.05, 3.63) is 50.6 Å². The summed E-state index contributed by atoms with van der Waals surface area (Å²) in [6.07, 6.45) is 6.44. The van der Waals surface area contributed by atoms with E-state index in [0.717, 1.165) is 0 Å². The Labute approximate surface area is 132 Å². The topological polar surface area (TPSA) is 83.3 Å². The number of nitrogens with one attached hydrogen (secondary N) is 2. The molecular formula is C16H20N4O3. The Morgan fingerprint density at radius 3 is 2.83 bits per heavy atom. The van der Waals surface area contributed by atoms with Crippen LogP contribution in [0.25, 0.3) is 0 Å². The summed E-state index contributed by atoms with van der Waals surface area (Å²) in [5, 5.41) is 3.28. The SMILES string of the molecule is O=c1[nH]c(=O)n(Cc2ccco2)c2c1CN(C1CCCC1)CN2. The standard InChI is InChI=1S/C16H20N4O3/c21-15-13-9-19(11-4-1-2-5-11)10-17-14(13)20(16(22)18-15)8-12-6-3-7-23-12/h3,6-7,11,17H,1-2,4-5,8-10H2,(H,18,21,22). The molecule has 1 aliphatic heterocycles. The molecule has 0 aromatic carbocycles. The van der Waals surface area contributed by atoms with Crippen molar-refractivity contribution in [3.8, 4) is 0 Å². The zero-order valence-corrected chi connectivity index (χ0v) is 12.9. The predicted octanol–water partition coefficient (Wildman–Crippen LogP) is 1.31. The lowest BCUT2D eigenvalue weighted by molar-refractivity contribution is 0.194. The van der Waals surface area contributed by atoms with Crippen LogP contribution < -0.4 is 16.6 Å². The second-order valence-electron chi connectivity index (χ2n) is 6.27. The fourth-order valence-corrected chi connectivity index (χ4v) is 3.63. The minimum absolute atomic E-state index is 0.295. The van der Waals surface area contributed by atoms with Crippen LogP contribution in [0, 0.1) is 0 Å². The van der Waals surface area contributed by atoms with Gasteiger partial charge >= 0.3 is 5.69 Å². The van der Waals surface area contributed by atoms with Crippen molar-refractivity contribution >= 4 is 5.82 Å². The fraction of sp³-hybridized carbons (Fsp3) is 0.500. The Hall–Kier alpha value is -2.28. The second kappa shape index (κ2) is 5.73. The number of furan rings is 1. The molecule has 0 spiro atoms. The molecule has 2 aliphatic rings. The Bertz CT molecular complexity index is 800. The number of rotatable bonds is 3. The van der Waals surface area contributed by atoms with E-state index in [4.69, 9.17) is 4.42 Å². The number of aromatic amines is 1. The fourth-order valence-electron chi connectivity index (χ4n) is 3.63. The third kappa shape index (κ3) is 2.61. The van der Waals surface area contributed by atoms with Crippen LogP contribution >= 0.6 is 0 Å². The molecule has 7 nitrogen and oxygen atoms in total. The average Bonchev–Trinajstić information content (AvgIpc) is 3.24. The molecular weight excluding hydrogens is 296 g/mol. The average molecular weight is 316 g/mol. The van der Waals surface area contributed by atoms with Gasteiger partial charge in [0, 0.05) is 12.6 Å². The maximum atomic E-state index is 12.2. The summed E-state index contributed by atoms with van der Waals surface area (Å²) in [5.41, 5.74) is -0.0721. The van der Waals surface area contributed by atoms with Crippen LogP contribution in [0.5, 0.6) is 0 Å². The zero-order valence-electron chi connectivity index (χ0n) is 12.9. The van der Waals surface area contributed by atoms with E-state index in [2.05, 4.69) is 15.2 Å². The number of fused-ring (bicyclic) bond motifs is 1. The summed E-state index contributed by atoms with van der Waals surface area (Å²) in [7, 11) is 0. The largest absolute Gasteiger partial charge is 0.467 e. The molecule has 1 saturated carbocycles. The van der Waals surface area contributed by atoms with Crippen LogP contribution in [0.1, 0.15) is 37.0 Å². The molecule has 0 saturated heterocycles. The molecule has 0 bridgehead atoms. The normalized spacial score (nSPS) is 18.8. The van der Waals surface area contributed by atoms with E-state index in [1.807, 2.05) is 6.07 Å². The number of aromatic nitrogens is 2. The number of nitrogens with zero attached hydrogens (tertiary/aromatic N) is 2. The second-order valence-corrected chi connectivity index (χ2v) is 6.27. The molecule has 7 heteroatoms. The highest BCUT2D eigenvalue weighted by Gasteiger charge is 2.29. The molecule has 23 heavy (non-hydrogen) atoms. The van der Waals surface area contributed by atoms with Gasteiger partial charge in [-0.3, -0.25) is 19.2 Å². The van der Waals surface area contributed by atoms with Gasteiger partial charge in [0.1, 0.15) is 11.6 Å². The highest BCUT2D eigenvalue weighted by molar-refractivity contribution is 5.45. The molecule has 0 atom stereocenters. The zero-order chi connectivity index (χ0) is 15.8.